The Morgan fingerprint density at radius 2 is 1.87 bits per heavy atom. The van der Waals surface area contributed by atoms with Gasteiger partial charge in [0.1, 0.15) is 0 Å². The Morgan fingerprint density at radius 1 is 1.20 bits per heavy atom. The molecule has 2 nitrogen and oxygen atoms in total. The molecule has 4 heteroatoms. The van der Waals surface area contributed by atoms with Crippen molar-refractivity contribution in [3.8, 4) is 0 Å². The lowest BCUT2D eigenvalue weighted by Gasteiger charge is -2.11. The second kappa shape index (κ2) is 9.49. The number of Topliss-reactive ketones (excluding diaryl/α,β-unsaturated/α-hetero) is 1. The fourth-order valence-corrected chi connectivity index (χ4v) is 2.57. The molecular formula is C11H22ClNOS. The third kappa shape index (κ3) is 7.20. The van der Waals surface area contributed by atoms with E-state index >= 15 is 0 Å². The zero-order chi connectivity index (χ0) is 10.2. The molecule has 1 heterocycles. The van der Waals surface area contributed by atoms with Gasteiger partial charge in [0.25, 0.3) is 0 Å². The molecule has 1 rings (SSSR count). The van der Waals surface area contributed by atoms with Gasteiger partial charge in [0.15, 0.2) is 5.78 Å². The average Bonchev–Trinajstić information content (AvgIpc) is 2.58. The lowest BCUT2D eigenvalue weighted by atomic mass is 10.1. The van der Waals surface area contributed by atoms with Gasteiger partial charge in [0, 0.05) is 6.54 Å². The first-order valence-corrected chi connectivity index (χ1v) is 6.66. The SMILES string of the molecule is CCCCCCCCN1CC(=O)CS1.Cl. The summed E-state index contributed by atoms with van der Waals surface area (Å²) in [6.07, 6.45) is 8.01. The van der Waals surface area contributed by atoms with Crippen LogP contribution in [0.15, 0.2) is 0 Å². The number of nitrogens with zero attached hydrogens (tertiary/aromatic N) is 1. The Balaban J connectivity index is 0.00000196. The Bertz CT molecular complexity index is 178. The Labute approximate surface area is 104 Å². The van der Waals surface area contributed by atoms with Crippen LogP contribution in [0.4, 0.5) is 0 Å². The summed E-state index contributed by atoms with van der Waals surface area (Å²) < 4.78 is 2.21. The van der Waals surface area contributed by atoms with Crippen LogP contribution in [0, 0.1) is 0 Å². The minimum atomic E-state index is 0. The molecule has 90 valence electrons. The van der Waals surface area contributed by atoms with E-state index in [0.717, 1.165) is 6.54 Å². The Kier molecular flexibility index (Phi) is 9.66. The third-order valence-corrected chi connectivity index (χ3v) is 3.65. The summed E-state index contributed by atoms with van der Waals surface area (Å²) in [7, 11) is 0. The third-order valence-electron chi connectivity index (χ3n) is 2.52. The van der Waals surface area contributed by atoms with Crippen LogP contribution < -0.4 is 0 Å². The highest BCUT2D eigenvalue weighted by Gasteiger charge is 2.18. The predicted octanol–water partition coefficient (Wildman–Crippen LogP) is 3.30. The molecule has 0 unspecified atom stereocenters. The largest absolute Gasteiger partial charge is 0.297 e. The highest BCUT2D eigenvalue weighted by Crippen LogP contribution is 2.18. The van der Waals surface area contributed by atoms with Crippen molar-refractivity contribution in [2.45, 2.75) is 45.4 Å². The van der Waals surface area contributed by atoms with E-state index in [1.54, 1.807) is 11.9 Å². The first-order chi connectivity index (χ1) is 6.83. The van der Waals surface area contributed by atoms with E-state index in [9.17, 15) is 4.79 Å². The van der Waals surface area contributed by atoms with Crippen molar-refractivity contribution in [2.24, 2.45) is 0 Å². The monoisotopic (exact) mass is 251 g/mol. The van der Waals surface area contributed by atoms with Crippen molar-refractivity contribution < 1.29 is 4.79 Å². The van der Waals surface area contributed by atoms with E-state index < -0.39 is 0 Å². The second-order valence-electron chi connectivity index (χ2n) is 3.94. The minimum absolute atomic E-state index is 0. The first-order valence-electron chi connectivity index (χ1n) is 5.72. The molecule has 0 bridgehead atoms. The summed E-state index contributed by atoms with van der Waals surface area (Å²) in [5.41, 5.74) is 0. The van der Waals surface area contributed by atoms with Gasteiger partial charge in [-0.25, -0.2) is 4.31 Å². The standard InChI is InChI=1S/C11H21NOS.ClH/c1-2-3-4-5-6-7-8-12-9-11(13)10-14-12;/h2-10H2,1H3;1H. The number of hydrogen-bond acceptors (Lipinski definition) is 3. The topological polar surface area (TPSA) is 20.3 Å². The van der Waals surface area contributed by atoms with Gasteiger partial charge in [-0.1, -0.05) is 51.0 Å². The minimum Gasteiger partial charge on any atom is -0.297 e. The molecule has 0 amide bonds. The van der Waals surface area contributed by atoms with Gasteiger partial charge >= 0.3 is 0 Å². The second-order valence-corrected chi connectivity index (χ2v) is 5.01. The zero-order valence-electron chi connectivity index (χ0n) is 9.54. The fraction of sp³-hybridized carbons (Fsp3) is 0.909. The van der Waals surface area contributed by atoms with Gasteiger partial charge in [-0.3, -0.25) is 4.79 Å². The molecule has 15 heavy (non-hydrogen) atoms. The zero-order valence-corrected chi connectivity index (χ0v) is 11.2. The van der Waals surface area contributed by atoms with E-state index in [1.165, 1.54) is 38.5 Å². The van der Waals surface area contributed by atoms with E-state index in [2.05, 4.69) is 11.2 Å². The predicted molar refractivity (Wildman–Crippen MR) is 69.7 cm³/mol. The molecule has 0 aromatic rings. The highest BCUT2D eigenvalue weighted by molar-refractivity contribution is 7.98. The van der Waals surface area contributed by atoms with Gasteiger partial charge in [-0.05, 0) is 6.42 Å². The van der Waals surface area contributed by atoms with E-state index in [0.29, 0.717) is 18.1 Å². The van der Waals surface area contributed by atoms with E-state index in [1.807, 2.05) is 0 Å². The molecule has 1 aliphatic heterocycles. The van der Waals surface area contributed by atoms with Gasteiger partial charge < -0.3 is 0 Å². The first kappa shape index (κ1) is 15.3. The van der Waals surface area contributed by atoms with Gasteiger partial charge in [-0.15, -0.1) is 12.4 Å². The summed E-state index contributed by atoms with van der Waals surface area (Å²) in [6, 6.07) is 0. The van der Waals surface area contributed by atoms with Crippen molar-refractivity contribution in [1.29, 1.82) is 0 Å². The maximum absolute atomic E-state index is 11.0. The maximum Gasteiger partial charge on any atom is 0.158 e. The van der Waals surface area contributed by atoms with Crippen LogP contribution in [-0.2, 0) is 4.79 Å². The molecule has 0 aromatic heterocycles. The molecule has 1 saturated heterocycles. The summed E-state index contributed by atoms with van der Waals surface area (Å²) in [4.78, 5) is 11.0. The summed E-state index contributed by atoms with van der Waals surface area (Å²) in [6.45, 7) is 4.02. The smallest absolute Gasteiger partial charge is 0.158 e. The number of carbonyl (C=O) groups excluding carboxylic acids is 1. The number of rotatable bonds is 7. The van der Waals surface area contributed by atoms with Gasteiger partial charge in [0.2, 0.25) is 0 Å². The maximum atomic E-state index is 11.0. The van der Waals surface area contributed by atoms with Crippen LogP contribution in [0.1, 0.15) is 45.4 Å². The van der Waals surface area contributed by atoms with Crippen LogP contribution in [0.25, 0.3) is 0 Å². The van der Waals surface area contributed by atoms with Crippen molar-refractivity contribution in [1.82, 2.24) is 4.31 Å². The van der Waals surface area contributed by atoms with Crippen molar-refractivity contribution in [3.05, 3.63) is 0 Å². The van der Waals surface area contributed by atoms with E-state index in [4.69, 9.17) is 0 Å². The van der Waals surface area contributed by atoms with Crippen molar-refractivity contribution in [2.75, 3.05) is 18.8 Å². The lowest BCUT2D eigenvalue weighted by Crippen LogP contribution is -2.16. The molecule has 0 saturated carbocycles. The van der Waals surface area contributed by atoms with Gasteiger partial charge in [0.05, 0.1) is 12.3 Å². The van der Waals surface area contributed by atoms with Crippen molar-refractivity contribution >= 4 is 30.1 Å². The number of halogens is 1. The Morgan fingerprint density at radius 3 is 2.47 bits per heavy atom. The summed E-state index contributed by atoms with van der Waals surface area (Å²) in [5.74, 6) is 1.09. The molecule has 1 fully saturated rings. The lowest BCUT2D eigenvalue weighted by molar-refractivity contribution is -0.115. The number of hydrogen-bond donors (Lipinski definition) is 0. The molecule has 0 atom stereocenters. The average molecular weight is 252 g/mol. The molecule has 0 radical (unpaired) electrons. The number of carbonyl (C=O) groups is 1. The molecule has 0 aliphatic carbocycles. The van der Waals surface area contributed by atoms with Crippen LogP contribution in [0.3, 0.4) is 0 Å². The van der Waals surface area contributed by atoms with Crippen LogP contribution in [0.5, 0.6) is 0 Å². The fourth-order valence-electron chi connectivity index (χ4n) is 1.66. The van der Waals surface area contributed by atoms with Crippen LogP contribution >= 0.6 is 24.4 Å². The number of ketones is 1. The normalized spacial score (nSPS) is 16.7. The Hall–Kier alpha value is 0.270. The van der Waals surface area contributed by atoms with Crippen LogP contribution in [-0.4, -0.2) is 28.9 Å². The molecule has 0 N–H and O–H groups in total. The van der Waals surface area contributed by atoms with E-state index in [-0.39, 0.29) is 12.4 Å². The van der Waals surface area contributed by atoms with Gasteiger partial charge in [-0.2, -0.15) is 0 Å². The summed E-state index contributed by atoms with van der Waals surface area (Å²) >= 11 is 1.70. The molecule has 0 aromatic carbocycles. The highest BCUT2D eigenvalue weighted by atomic mass is 35.5. The molecule has 1 aliphatic rings. The molecular weight excluding hydrogens is 230 g/mol. The van der Waals surface area contributed by atoms with Crippen molar-refractivity contribution in [3.63, 3.8) is 0 Å². The summed E-state index contributed by atoms with van der Waals surface area (Å²) in [5, 5.41) is 0. The molecule has 0 spiro atoms. The quantitative estimate of drug-likeness (QED) is 0.512. The van der Waals surface area contributed by atoms with Crippen LogP contribution in [0.2, 0.25) is 0 Å². The number of unbranched alkanes of at least 4 members (excludes halogenated alkanes) is 5.